The smallest absolute Gasteiger partial charge is 0.168 e. The second kappa shape index (κ2) is 4.45. The molecule has 0 N–H and O–H groups in total. The Morgan fingerprint density at radius 3 is 2.50 bits per heavy atom. The summed E-state index contributed by atoms with van der Waals surface area (Å²) >= 11 is 0. The van der Waals surface area contributed by atoms with Gasteiger partial charge in [-0.2, -0.15) is 0 Å². The fraction of sp³-hybridized carbons (Fsp3) is 0.500. The van der Waals surface area contributed by atoms with Gasteiger partial charge in [0.25, 0.3) is 0 Å². The molecular weight excluding hydrogens is 224 g/mol. The van der Waals surface area contributed by atoms with Crippen molar-refractivity contribution in [1.82, 2.24) is 0 Å². The Morgan fingerprint density at radius 2 is 2.00 bits per heavy atom. The highest BCUT2D eigenvalue weighted by atomic mass is 32.2. The lowest BCUT2D eigenvalue weighted by atomic mass is 10.0. The third-order valence-electron chi connectivity index (χ3n) is 2.65. The monoisotopic (exact) mass is 240 g/mol. The summed E-state index contributed by atoms with van der Waals surface area (Å²) in [6, 6.07) is 5.13. The maximum absolute atomic E-state index is 10.9. The van der Waals surface area contributed by atoms with Crippen LogP contribution in [0.4, 0.5) is 0 Å². The molecule has 4 heteroatoms. The molecule has 0 unspecified atom stereocenters. The zero-order valence-corrected chi connectivity index (χ0v) is 10.4. The van der Waals surface area contributed by atoms with E-state index in [-0.39, 0.29) is 6.10 Å². The first-order valence-electron chi connectivity index (χ1n) is 5.53. The van der Waals surface area contributed by atoms with Crippen LogP contribution in [0.25, 0.3) is 0 Å². The molecule has 0 bridgehead atoms. The van der Waals surface area contributed by atoms with Gasteiger partial charge < -0.3 is 4.74 Å². The minimum atomic E-state index is -2.53. The van der Waals surface area contributed by atoms with E-state index in [2.05, 4.69) is 13.8 Å². The number of benzene rings is 1. The average molecular weight is 240 g/mol. The third kappa shape index (κ3) is 2.55. The molecule has 0 atom stereocenters. The summed E-state index contributed by atoms with van der Waals surface area (Å²) < 4.78 is 27.6. The van der Waals surface area contributed by atoms with Crippen LogP contribution in [0.1, 0.15) is 38.2 Å². The second-order valence-corrected chi connectivity index (χ2v) is 5.48. The summed E-state index contributed by atoms with van der Waals surface area (Å²) in [6.07, 6.45) is 2.44. The van der Waals surface area contributed by atoms with E-state index in [0.29, 0.717) is 10.8 Å². The Labute approximate surface area is 97.4 Å². The molecule has 1 aliphatic rings. The Kier molecular flexibility index (Phi) is 3.19. The predicted octanol–water partition coefficient (Wildman–Crippen LogP) is 2.32. The van der Waals surface area contributed by atoms with Gasteiger partial charge in [0.15, 0.2) is 10.7 Å². The van der Waals surface area contributed by atoms with E-state index in [0.717, 1.165) is 24.2 Å². The minimum absolute atomic E-state index is 0.289. The van der Waals surface area contributed by atoms with Crippen molar-refractivity contribution in [2.45, 2.75) is 43.6 Å². The topological polar surface area (TPSA) is 43.4 Å². The molecule has 2 rings (SSSR count). The SMILES string of the molecule is CC(C)c1ccc([SH](=O)=O)cc1OC1CC1. The zero-order valence-electron chi connectivity index (χ0n) is 9.47. The third-order valence-corrected chi connectivity index (χ3v) is 3.35. The van der Waals surface area contributed by atoms with Crippen molar-refractivity contribution in [1.29, 1.82) is 0 Å². The molecule has 1 aliphatic carbocycles. The number of rotatable bonds is 4. The van der Waals surface area contributed by atoms with Crippen LogP contribution in [0.2, 0.25) is 0 Å². The van der Waals surface area contributed by atoms with Crippen LogP contribution in [-0.2, 0) is 10.7 Å². The Balaban J connectivity index is 2.36. The predicted molar refractivity (Wildman–Crippen MR) is 62.8 cm³/mol. The Hall–Kier alpha value is -1.03. The summed E-state index contributed by atoms with van der Waals surface area (Å²) in [5.41, 5.74) is 1.08. The normalized spacial score (nSPS) is 15.8. The molecule has 0 saturated heterocycles. The highest BCUT2D eigenvalue weighted by molar-refractivity contribution is 7.72. The van der Waals surface area contributed by atoms with Crippen LogP contribution < -0.4 is 4.74 Å². The summed E-state index contributed by atoms with van der Waals surface area (Å²) in [5.74, 6) is 1.07. The minimum Gasteiger partial charge on any atom is -0.490 e. The molecule has 1 aromatic rings. The van der Waals surface area contributed by atoms with Crippen LogP contribution >= 0.6 is 0 Å². The first kappa shape index (κ1) is 11.5. The van der Waals surface area contributed by atoms with Crippen molar-refractivity contribution >= 4 is 10.7 Å². The lowest BCUT2D eigenvalue weighted by Gasteiger charge is -2.13. The van der Waals surface area contributed by atoms with Crippen LogP contribution in [0.3, 0.4) is 0 Å². The lowest BCUT2D eigenvalue weighted by molar-refractivity contribution is 0.298. The van der Waals surface area contributed by atoms with Crippen molar-refractivity contribution in [3.05, 3.63) is 23.8 Å². The Morgan fingerprint density at radius 1 is 1.31 bits per heavy atom. The molecule has 0 amide bonds. The van der Waals surface area contributed by atoms with Gasteiger partial charge in [0.05, 0.1) is 11.0 Å². The second-order valence-electron chi connectivity index (χ2n) is 4.45. The molecule has 0 spiro atoms. The van der Waals surface area contributed by atoms with Crippen LogP contribution in [-0.4, -0.2) is 14.5 Å². The van der Waals surface area contributed by atoms with E-state index in [1.54, 1.807) is 12.1 Å². The Bertz CT molecular complexity index is 451. The molecule has 0 radical (unpaired) electrons. The summed E-state index contributed by atoms with van der Waals surface area (Å²) in [5, 5.41) is 0. The summed E-state index contributed by atoms with van der Waals surface area (Å²) in [4.78, 5) is 0.329. The van der Waals surface area contributed by atoms with Crippen molar-refractivity contribution in [2.75, 3.05) is 0 Å². The molecule has 88 valence electrons. The van der Waals surface area contributed by atoms with Gasteiger partial charge in [-0.05, 0) is 36.5 Å². The number of hydrogen-bond acceptors (Lipinski definition) is 3. The van der Waals surface area contributed by atoms with E-state index in [9.17, 15) is 8.42 Å². The van der Waals surface area contributed by atoms with E-state index in [1.165, 1.54) is 0 Å². The molecule has 0 aliphatic heterocycles. The van der Waals surface area contributed by atoms with Crippen molar-refractivity contribution in [3.8, 4) is 5.75 Å². The van der Waals surface area contributed by atoms with E-state index >= 15 is 0 Å². The lowest BCUT2D eigenvalue weighted by Crippen LogP contribution is -2.01. The molecule has 1 saturated carbocycles. The number of thiol groups is 1. The molecular formula is C12H16O3S. The van der Waals surface area contributed by atoms with E-state index in [4.69, 9.17) is 4.74 Å². The highest BCUT2D eigenvalue weighted by Gasteiger charge is 2.25. The van der Waals surface area contributed by atoms with Crippen LogP contribution in [0.5, 0.6) is 5.75 Å². The maximum atomic E-state index is 10.9. The highest BCUT2D eigenvalue weighted by Crippen LogP contribution is 2.33. The first-order chi connectivity index (χ1) is 7.58. The van der Waals surface area contributed by atoms with E-state index < -0.39 is 10.7 Å². The van der Waals surface area contributed by atoms with Gasteiger partial charge in [0.2, 0.25) is 0 Å². The molecule has 0 heterocycles. The molecule has 1 aromatic carbocycles. The van der Waals surface area contributed by atoms with Gasteiger partial charge in [0, 0.05) is 0 Å². The van der Waals surface area contributed by atoms with Gasteiger partial charge in [-0.25, -0.2) is 8.42 Å². The average Bonchev–Trinajstić information content (AvgIpc) is 3.01. The molecule has 3 nitrogen and oxygen atoms in total. The fourth-order valence-corrected chi connectivity index (χ4v) is 2.00. The van der Waals surface area contributed by atoms with Gasteiger partial charge in [-0.3, -0.25) is 0 Å². The standard InChI is InChI=1S/C12H16O3S/c1-8(2)11-6-5-10(16(13)14)7-12(11)15-9-3-4-9/h5-9,16H,3-4H2,1-2H3. The largest absolute Gasteiger partial charge is 0.490 e. The molecule has 16 heavy (non-hydrogen) atoms. The van der Waals surface area contributed by atoms with Gasteiger partial charge in [-0.1, -0.05) is 19.9 Å². The summed E-state index contributed by atoms with van der Waals surface area (Å²) in [6.45, 7) is 4.15. The summed E-state index contributed by atoms with van der Waals surface area (Å²) in [7, 11) is -2.53. The van der Waals surface area contributed by atoms with Gasteiger partial charge in [0.1, 0.15) is 5.75 Å². The molecule has 0 aromatic heterocycles. The maximum Gasteiger partial charge on any atom is 0.168 e. The number of hydrogen-bond donors (Lipinski definition) is 1. The fourth-order valence-electron chi connectivity index (χ4n) is 1.58. The van der Waals surface area contributed by atoms with Gasteiger partial charge >= 0.3 is 0 Å². The van der Waals surface area contributed by atoms with Gasteiger partial charge in [-0.15, -0.1) is 0 Å². The zero-order chi connectivity index (χ0) is 11.7. The molecule has 1 fully saturated rings. The van der Waals surface area contributed by atoms with Crippen LogP contribution in [0.15, 0.2) is 23.1 Å². The van der Waals surface area contributed by atoms with E-state index in [1.807, 2.05) is 6.07 Å². The first-order valence-corrected chi connectivity index (χ1v) is 6.70. The quantitative estimate of drug-likeness (QED) is 0.821. The van der Waals surface area contributed by atoms with Crippen molar-refractivity contribution in [2.24, 2.45) is 0 Å². The van der Waals surface area contributed by atoms with Crippen molar-refractivity contribution in [3.63, 3.8) is 0 Å². The van der Waals surface area contributed by atoms with Crippen LogP contribution in [0, 0.1) is 0 Å². The number of ether oxygens (including phenoxy) is 1. The van der Waals surface area contributed by atoms with Crippen molar-refractivity contribution < 1.29 is 13.2 Å².